The number of nitrogens with zero attached hydrogens (tertiary/aromatic N) is 2. The standard InChI is InChI=1S/C11H21N3S/c1-5-9(3)14(6-2)11-13-10(7-12-4)8-15-11/h8-9,12H,5-7H2,1-4H3. The fourth-order valence-electron chi connectivity index (χ4n) is 1.55. The highest BCUT2D eigenvalue weighted by atomic mass is 32.1. The van der Waals surface area contributed by atoms with Crippen LogP contribution < -0.4 is 10.2 Å². The van der Waals surface area contributed by atoms with Gasteiger partial charge in [0.2, 0.25) is 0 Å². The Bertz CT molecular complexity index is 285. The summed E-state index contributed by atoms with van der Waals surface area (Å²) in [5.74, 6) is 0. The van der Waals surface area contributed by atoms with Gasteiger partial charge in [-0.25, -0.2) is 4.98 Å². The van der Waals surface area contributed by atoms with Crippen molar-refractivity contribution >= 4 is 16.5 Å². The van der Waals surface area contributed by atoms with Crippen molar-refractivity contribution in [2.75, 3.05) is 18.5 Å². The molecule has 0 aliphatic heterocycles. The minimum atomic E-state index is 0.573. The van der Waals surface area contributed by atoms with Gasteiger partial charge in [-0.05, 0) is 27.3 Å². The molecule has 0 bridgehead atoms. The van der Waals surface area contributed by atoms with Crippen molar-refractivity contribution in [3.05, 3.63) is 11.1 Å². The Balaban J connectivity index is 2.73. The molecule has 1 atom stereocenters. The van der Waals surface area contributed by atoms with E-state index in [1.807, 2.05) is 7.05 Å². The molecule has 1 N–H and O–H groups in total. The molecule has 1 heterocycles. The first-order valence-corrected chi connectivity index (χ1v) is 6.46. The molecule has 0 saturated carbocycles. The zero-order valence-electron chi connectivity index (χ0n) is 10.1. The maximum absolute atomic E-state index is 4.62. The van der Waals surface area contributed by atoms with E-state index in [1.165, 1.54) is 0 Å². The molecule has 0 amide bonds. The van der Waals surface area contributed by atoms with Crippen LogP contribution in [0.1, 0.15) is 32.9 Å². The van der Waals surface area contributed by atoms with Gasteiger partial charge in [0.1, 0.15) is 0 Å². The third-order valence-corrected chi connectivity index (χ3v) is 3.53. The summed E-state index contributed by atoms with van der Waals surface area (Å²) in [5.41, 5.74) is 1.14. The van der Waals surface area contributed by atoms with E-state index in [1.54, 1.807) is 11.3 Å². The highest BCUT2D eigenvalue weighted by Gasteiger charge is 2.14. The monoisotopic (exact) mass is 227 g/mol. The van der Waals surface area contributed by atoms with Crippen LogP contribution in [0.25, 0.3) is 0 Å². The zero-order chi connectivity index (χ0) is 11.3. The average Bonchev–Trinajstić information content (AvgIpc) is 2.68. The van der Waals surface area contributed by atoms with Gasteiger partial charge in [0.05, 0.1) is 5.69 Å². The van der Waals surface area contributed by atoms with Crippen molar-refractivity contribution in [3.8, 4) is 0 Å². The van der Waals surface area contributed by atoms with Gasteiger partial charge in [0.25, 0.3) is 0 Å². The van der Waals surface area contributed by atoms with E-state index in [0.29, 0.717) is 6.04 Å². The fourth-order valence-corrected chi connectivity index (χ4v) is 2.54. The molecule has 0 saturated heterocycles. The predicted octanol–water partition coefficient (Wildman–Crippen LogP) is 2.49. The maximum atomic E-state index is 4.62. The minimum absolute atomic E-state index is 0.573. The van der Waals surface area contributed by atoms with Crippen molar-refractivity contribution in [1.82, 2.24) is 10.3 Å². The molecular formula is C11H21N3S. The van der Waals surface area contributed by atoms with Gasteiger partial charge in [0.15, 0.2) is 5.13 Å². The molecule has 4 heteroatoms. The van der Waals surface area contributed by atoms with E-state index in [-0.39, 0.29) is 0 Å². The Labute approximate surface area is 96.5 Å². The Morgan fingerprint density at radius 3 is 2.80 bits per heavy atom. The quantitative estimate of drug-likeness (QED) is 0.809. The average molecular weight is 227 g/mol. The van der Waals surface area contributed by atoms with Gasteiger partial charge >= 0.3 is 0 Å². The minimum Gasteiger partial charge on any atom is -0.346 e. The predicted molar refractivity (Wildman–Crippen MR) is 67.7 cm³/mol. The van der Waals surface area contributed by atoms with E-state index in [9.17, 15) is 0 Å². The number of thiazole rings is 1. The van der Waals surface area contributed by atoms with E-state index >= 15 is 0 Å². The summed E-state index contributed by atoms with van der Waals surface area (Å²) in [7, 11) is 1.95. The van der Waals surface area contributed by atoms with Crippen molar-refractivity contribution in [3.63, 3.8) is 0 Å². The summed E-state index contributed by atoms with van der Waals surface area (Å²) in [6.07, 6.45) is 1.16. The van der Waals surface area contributed by atoms with Crippen LogP contribution in [0.5, 0.6) is 0 Å². The van der Waals surface area contributed by atoms with E-state index in [2.05, 4.69) is 41.4 Å². The maximum Gasteiger partial charge on any atom is 0.185 e. The summed E-state index contributed by atoms with van der Waals surface area (Å²) in [6.45, 7) is 8.54. The second-order valence-corrected chi connectivity index (χ2v) is 4.53. The molecule has 86 valence electrons. The summed E-state index contributed by atoms with van der Waals surface area (Å²) in [5, 5.41) is 6.41. The molecule has 1 unspecified atom stereocenters. The molecule has 1 aromatic rings. The SMILES string of the molecule is CCC(C)N(CC)c1nc(CNC)cs1. The molecule has 1 aromatic heterocycles. The summed E-state index contributed by atoms with van der Waals surface area (Å²) in [6, 6.07) is 0.573. The lowest BCUT2D eigenvalue weighted by Gasteiger charge is -2.26. The van der Waals surface area contributed by atoms with Crippen LogP contribution in [0.2, 0.25) is 0 Å². The Hall–Kier alpha value is -0.610. The molecule has 0 radical (unpaired) electrons. The second-order valence-electron chi connectivity index (χ2n) is 3.70. The van der Waals surface area contributed by atoms with Crippen LogP contribution in [-0.2, 0) is 6.54 Å². The first-order valence-electron chi connectivity index (χ1n) is 5.58. The molecule has 0 aliphatic rings. The highest BCUT2D eigenvalue weighted by molar-refractivity contribution is 7.13. The number of rotatable bonds is 6. The Morgan fingerprint density at radius 2 is 2.27 bits per heavy atom. The molecule has 15 heavy (non-hydrogen) atoms. The van der Waals surface area contributed by atoms with E-state index < -0.39 is 0 Å². The topological polar surface area (TPSA) is 28.2 Å². The molecule has 0 aliphatic carbocycles. The lowest BCUT2D eigenvalue weighted by atomic mass is 10.2. The van der Waals surface area contributed by atoms with E-state index in [4.69, 9.17) is 0 Å². The van der Waals surface area contributed by atoms with Crippen molar-refractivity contribution < 1.29 is 0 Å². The molecular weight excluding hydrogens is 206 g/mol. The summed E-state index contributed by atoms with van der Waals surface area (Å²) in [4.78, 5) is 6.99. The Morgan fingerprint density at radius 1 is 1.53 bits per heavy atom. The van der Waals surface area contributed by atoms with Gasteiger partial charge in [-0.1, -0.05) is 6.92 Å². The fraction of sp³-hybridized carbons (Fsp3) is 0.727. The smallest absolute Gasteiger partial charge is 0.185 e. The highest BCUT2D eigenvalue weighted by Crippen LogP contribution is 2.23. The number of aromatic nitrogens is 1. The van der Waals surface area contributed by atoms with Gasteiger partial charge in [0, 0.05) is 24.5 Å². The summed E-state index contributed by atoms with van der Waals surface area (Å²) >= 11 is 1.74. The first-order chi connectivity index (χ1) is 7.22. The van der Waals surface area contributed by atoms with Crippen LogP contribution >= 0.6 is 11.3 Å². The van der Waals surface area contributed by atoms with Gasteiger partial charge in [-0.3, -0.25) is 0 Å². The van der Waals surface area contributed by atoms with Crippen LogP contribution in [0.4, 0.5) is 5.13 Å². The molecule has 0 spiro atoms. The first kappa shape index (κ1) is 12.5. The lowest BCUT2D eigenvalue weighted by molar-refractivity contribution is 0.627. The third-order valence-electron chi connectivity index (χ3n) is 2.61. The van der Waals surface area contributed by atoms with Crippen LogP contribution in [0, 0.1) is 0 Å². The molecule has 3 nitrogen and oxygen atoms in total. The zero-order valence-corrected chi connectivity index (χ0v) is 10.9. The molecule has 1 rings (SSSR count). The van der Waals surface area contributed by atoms with Crippen LogP contribution in [-0.4, -0.2) is 24.6 Å². The van der Waals surface area contributed by atoms with E-state index in [0.717, 1.165) is 30.3 Å². The molecule has 0 fully saturated rings. The van der Waals surface area contributed by atoms with Crippen molar-refractivity contribution in [1.29, 1.82) is 0 Å². The van der Waals surface area contributed by atoms with Crippen LogP contribution in [0.3, 0.4) is 0 Å². The number of hydrogen-bond acceptors (Lipinski definition) is 4. The van der Waals surface area contributed by atoms with Crippen LogP contribution in [0.15, 0.2) is 5.38 Å². The summed E-state index contributed by atoms with van der Waals surface area (Å²) < 4.78 is 0. The second kappa shape index (κ2) is 6.08. The Kier molecular flexibility index (Phi) is 5.05. The van der Waals surface area contributed by atoms with Gasteiger partial charge < -0.3 is 10.2 Å². The third kappa shape index (κ3) is 3.18. The number of anilines is 1. The van der Waals surface area contributed by atoms with Gasteiger partial charge in [-0.2, -0.15) is 0 Å². The van der Waals surface area contributed by atoms with Gasteiger partial charge in [-0.15, -0.1) is 11.3 Å². The molecule has 0 aromatic carbocycles. The van der Waals surface area contributed by atoms with Crippen molar-refractivity contribution in [2.24, 2.45) is 0 Å². The normalized spacial score (nSPS) is 12.8. The van der Waals surface area contributed by atoms with Crippen molar-refractivity contribution in [2.45, 2.75) is 39.8 Å². The lowest BCUT2D eigenvalue weighted by Crippen LogP contribution is -2.32. The number of nitrogens with one attached hydrogen (secondary N) is 1. The number of hydrogen-bond donors (Lipinski definition) is 1. The largest absolute Gasteiger partial charge is 0.346 e.